The number of allylic oxidation sites excluding steroid dienone is 4. The zero-order valence-corrected chi connectivity index (χ0v) is 28.1. The number of ether oxygens (including phenoxy) is 3. The summed E-state index contributed by atoms with van der Waals surface area (Å²) in [4.78, 5) is 26.3. The van der Waals surface area contributed by atoms with Crippen molar-refractivity contribution in [2.75, 3.05) is 20.3 Å². The highest BCUT2D eigenvalue weighted by Crippen LogP contribution is 2.45. The predicted molar refractivity (Wildman–Crippen MR) is 168 cm³/mol. The van der Waals surface area contributed by atoms with Gasteiger partial charge < -0.3 is 18.6 Å². The number of carbonyl (C=O) groups is 2. The second kappa shape index (κ2) is 11.6. The van der Waals surface area contributed by atoms with Crippen LogP contribution in [0.15, 0.2) is 48.1 Å². The summed E-state index contributed by atoms with van der Waals surface area (Å²) in [5.41, 5.74) is -1.43. The van der Waals surface area contributed by atoms with Gasteiger partial charge in [0.25, 0.3) is 8.32 Å². The molecule has 0 N–H and O–H groups in total. The average Bonchev–Trinajstić information content (AvgIpc) is 3.38. The molecule has 7 nitrogen and oxygen atoms in total. The van der Waals surface area contributed by atoms with Crippen molar-refractivity contribution in [1.82, 2.24) is 0 Å². The Labute approximate surface area is 252 Å². The topological polar surface area (TPSA) is 94.9 Å². The SMILES string of the molecule is COc1cc(C=CC2(C(C)(C)C(=O)C=C[C@@]3(C)C=C(C#N)C(=O)C(C)(C)C3)OCCO2)ccc1O[Si](C)(C)C(C)(C)C. The standard InChI is InChI=1S/C34H47NO6Si/c1-30(2,3)42(10,11)41-26-13-12-24(20-27(26)38-9)14-17-34(39-18-19-40-34)32(6,7)28(36)15-16-33(8)21-25(22-35)29(37)31(4,5)23-33/h12-17,20-21H,18-19,23H2,1-11H3/t33-/m0/s1. The van der Waals surface area contributed by atoms with Gasteiger partial charge in [-0.1, -0.05) is 65.8 Å². The van der Waals surface area contributed by atoms with Crippen LogP contribution in [0, 0.1) is 27.6 Å². The molecule has 0 radical (unpaired) electrons. The Balaban J connectivity index is 1.89. The number of Topliss-reactive ketones (excluding diaryl/α,β-unsaturated/α-hetero) is 1. The van der Waals surface area contributed by atoms with E-state index >= 15 is 0 Å². The highest BCUT2D eigenvalue weighted by molar-refractivity contribution is 6.74. The minimum absolute atomic E-state index is 0.0447. The van der Waals surface area contributed by atoms with Gasteiger partial charge in [-0.25, -0.2) is 0 Å². The highest BCUT2D eigenvalue weighted by Gasteiger charge is 2.52. The van der Waals surface area contributed by atoms with Crippen molar-refractivity contribution in [2.24, 2.45) is 16.2 Å². The van der Waals surface area contributed by atoms with Gasteiger partial charge in [-0.3, -0.25) is 9.59 Å². The third-order valence-corrected chi connectivity index (χ3v) is 13.3. The molecule has 0 aromatic heterocycles. The zero-order chi connectivity index (χ0) is 31.8. The minimum Gasteiger partial charge on any atom is -0.541 e. The molecule has 0 spiro atoms. The molecule has 8 heteroatoms. The zero-order valence-electron chi connectivity index (χ0n) is 27.1. The quantitative estimate of drug-likeness (QED) is 0.217. The molecular weight excluding hydrogens is 546 g/mol. The van der Waals surface area contributed by atoms with E-state index in [1.165, 1.54) is 6.08 Å². The van der Waals surface area contributed by atoms with Crippen molar-refractivity contribution in [3.8, 4) is 17.6 Å². The monoisotopic (exact) mass is 593 g/mol. The molecule has 42 heavy (non-hydrogen) atoms. The molecule has 0 bridgehead atoms. The largest absolute Gasteiger partial charge is 0.541 e. The van der Waals surface area contributed by atoms with Crippen molar-refractivity contribution in [2.45, 2.75) is 85.7 Å². The first-order valence-corrected chi connectivity index (χ1v) is 17.4. The molecule has 3 rings (SSSR count). The first-order valence-electron chi connectivity index (χ1n) is 14.5. The van der Waals surface area contributed by atoms with E-state index in [1.807, 2.05) is 51.1 Å². The van der Waals surface area contributed by atoms with Crippen LogP contribution in [0.1, 0.15) is 67.4 Å². The van der Waals surface area contributed by atoms with Crippen molar-refractivity contribution < 1.29 is 28.2 Å². The Morgan fingerprint density at radius 1 is 1.05 bits per heavy atom. The maximum Gasteiger partial charge on any atom is 0.250 e. The second-order valence-corrected chi connectivity index (χ2v) is 19.1. The van der Waals surface area contributed by atoms with Crippen molar-refractivity contribution in [3.05, 3.63) is 53.6 Å². The Morgan fingerprint density at radius 3 is 2.21 bits per heavy atom. The molecule has 1 aliphatic heterocycles. The number of nitriles is 1. The molecule has 1 aromatic rings. The summed E-state index contributed by atoms with van der Waals surface area (Å²) < 4.78 is 24.4. The molecule has 0 saturated carbocycles. The molecule has 1 aliphatic carbocycles. The third kappa shape index (κ3) is 6.64. The number of hydrogen-bond donors (Lipinski definition) is 0. The van der Waals surface area contributed by atoms with Crippen LogP contribution in [0.5, 0.6) is 11.5 Å². The van der Waals surface area contributed by atoms with Crippen LogP contribution in [0.25, 0.3) is 6.08 Å². The summed E-state index contributed by atoms with van der Waals surface area (Å²) in [6.07, 6.45) is 9.16. The highest BCUT2D eigenvalue weighted by atomic mass is 28.4. The molecule has 0 amide bonds. The van der Waals surface area contributed by atoms with Gasteiger partial charge in [0, 0.05) is 10.8 Å². The lowest BCUT2D eigenvalue weighted by atomic mass is 9.65. The number of benzene rings is 1. The summed E-state index contributed by atoms with van der Waals surface area (Å²) >= 11 is 0. The second-order valence-electron chi connectivity index (χ2n) is 14.4. The van der Waals surface area contributed by atoms with E-state index in [0.29, 0.717) is 31.1 Å². The van der Waals surface area contributed by atoms with Gasteiger partial charge in [0.15, 0.2) is 17.3 Å². The van der Waals surface area contributed by atoms with Crippen LogP contribution < -0.4 is 9.16 Å². The van der Waals surface area contributed by atoms with Crippen LogP contribution in [0.4, 0.5) is 0 Å². The van der Waals surface area contributed by atoms with E-state index in [1.54, 1.807) is 39.2 Å². The third-order valence-electron chi connectivity index (χ3n) is 8.95. The Kier molecular flexibility index (Phi) is 9.25. The maximum atomic E-state index is 13.7. The van der Waals surface area contributed by atoms with Crippen LogP contribution >= 0.6 is 0 Å². The lowest BCUT2D eigenvalue weighted by Crippen LogP contribution is -2.48. The van der Waals surface area contributed by atoms with Gasteiger partial charge in [0.2, 0.25) is 5.79 Å². The van der Waals surface area contributed by atoms with Crippen molar-refractivity contribution in [3.63, 3.8) is 0 Å². The normalized spacial score (nSPS) is 22.7. The van der Waals surface area contributed by atoms with Crippen molar-refractivity contribution in [1.29, 1.82) is 5.26 Å². The fraction of sp³-hybridized carbons (Fsp3) is 0.559. The predicted octanol–water partition coefficient (Wildman–Crippen LogP) is 7.44. The molecule has 1 heterocycles. The summed E-state index contributed by atoms with van der Waals surface area (Å²) in [5, 5.41) is 9.55. The van der Waals surface area contributed by atoms with Gasteiger partial charge >= 0.3 is 0 Å². The summed E-state index contributed by atoms with van der Waals surface area (Å²) in [7, 11) is -0.438. The lowest BCUT2D eigenvalue weighted by Gasteiger charge is -2.39. The smallest absolute Gasteiger partial charge is 0.250 e. The molecule has 1 fully saturated rings. The first kappa shape index (κ1) is 33.5. The number of carbonyl (C=O) groups excluding carboxylic acids is 2. The van der Waals surface area contributed by atoms with Crippen molar-refractivity contribution >= 4 is 26.0 Å². The summed E-state index contributed by atoms with van der Waals surface area (Å²) in [6.45, 7) is 20.9. The molecule has 1 atom stereocenters. The Hall–Kier alpha value is -2.99. The van der Waals surface area contributed by atoms with E-state index in [9.17, 15) is 14.9 Å². The van der Waals surface area contributed by atoms with Gasteiger partial charge in [-0.15, -0.1) is 0 Å². The number of methoxy groups -OCH3 is 1. The molecule has 1 saturated heterocycles. The fourth-order valence-electron chi connectivity index (χ4n) is 5.28. The van der Waals surface area contributed by atoms with Crippen LogP contribution in [-0.2, 0) is 19.1 Å². The number of nitrogens with zero attached hydrogens (tertiary/aromatic N) is 1. The van der Waals surface area contributed by atoms with E-state index in [0.717, 1.165) is 5.56 Å². The van der Waals surface area contributed by atoms with Crippen LogP contribution in [-0.4, -0.2) is 46.0 Å². The van der Waals surface area contributed by atoms with E-state index < -0.39 is 30.3 Å². The van der Waals surface area contributed by atoms with Gasteiger partial charge in [0.1, 0.15) is 11.8 Å². The number of rotatable bonds is 9. The summed E-state index contributed by atoms with van der Waals surface area (Å²) in [5.74, 6) is -0.300. The Morgan fingerprint density at radius 2 is 1.67 bits per heavy atom. The average molecular weight is 594 g/mol. The minimum atomic E-state index is -2.06. The number of ketones is 2. The number of hydrogen-bond acceptors (Lipinski definition) is 7. The van der Waals surface area contributed by atoms with Gasteiger partial charge in [-0.05, 0) is 68.2 Å². The molecule has 228 valence electrons. The molecule has 1 aromatic carbocycles. The van der Waals surface area contributed by atoms with Gasteiger partial charge in [0.05, 0.1) is 31.3 Å². The van der Waals surface area contributed by atoms with Crippen LogP contribution in [0.3, 0.4) is 0 Å². The Bertz CT molecular complexity index is 1350. The van der Waals surface area contributed by atoms with Gasteiger partial charge in [-0.2, -0.15) is 5.26 Å². The fourth-order valence-corrected chi connectivity index (χ4v) is 6.30. The molecule has 2 aliphatic rings. The van der Waals surface area contributed by atoms with E-state index in [4.69, 9.17) is 18.6 Å². The van der Waals surface area contributed by atoms with Crippen LogP contribution in [0.2, 0.25) is 18.1 Å². The maximum absolute atomic E-state index is 13.7. The first-order chi connectivity index (χ1) is 19.2. The lowest BCUT2D eigenvalue weighted by molar-refractivity contribution is -0.191. The molecular formula is C34H47NO6Si. The molecule has 0 unspecified atom stereocenters. The summed E-state index contributed by atoms with van der Waals surface area (Å²) in [6, 6.07) is 7.80. The van der Waals surface area contributed by atoms with E-state index in [-0.39, 0.29) is 22.2 Å². The van der Waals surface area contributed by atoms with E-state index in [2.05, 4.69) is 33.9 Å².